The van der Waals surface area contributed by atoms with E-state index in [1.165, 1.54) is 0 Å². The van der Waals surface area contributed by atoms with Gasteiger partial charge in [0.1, 0.15) is 5.82 Å². The van der Waals surface area contributed by atoms with Crippen molar-refractivity contribution in [3.8, 4) is 0 Å². The maximum atomic E-state index is 14.2. The van der Waals surface area contributed by atoms with Crippen LogP contribution in [0.25, 0.3) is 0 Å². The summed E-state index contributed by atoms with van der Waals surface area (Å²) in [5.74, 6) is -5.77. The lowest BCUT2D eigenvalue weighted by atomic mass is 10.1. The second-order valence-electron chi connectivity index (χ2n) is 6.89. The molecule has 31 heavy (non-hydrogen) atoms. The van der Waals surface area contributed by atoms with Gasteiger partial charge in [0.15, 0.2) is 11.6 Å². The van der Waals surface area contributed by atoms with E-state index >= 15 is 0 Å². The van der Waals surface area contributed by atoms with Crippen molar-refractivity contribution in [3.05, 3.63) is 58.9 Å². The van der Waals surface area contributed by atoms with Crippen molar-refractivity contribution < 1.29 is 40.3 Å². The quantitative estimate of drug-likeness (QED) is 0.664. The summed E-state index contributed by atoms with van der Waals surface area (Å²) in [6, 6.07) is 3.41. The second-order valence-corrected chi connectivity index (χ2v) is 8.83. The fraction of sp³-hybridized carbons (Fsp3) is 0.316. The molecule has 0 unspecified atom stereocenters. The third kappa shape index (κ3) is 4.86. The van der Waals surface area contributed by atoms with Gasteiger partial charge in [0.05, 0.1) is 22.1 Å². The number of sulfonamides is 1. The van der Waals surface area contributed by atoms with Crippen LogP contribution in [0.2, 0.25) is 0 Å². The molecule has 0 aliphatic carbocycles. The maximum Gasteiger partial charge on any atom is 0.266 e. The van der Waals surface area contributed by atoms with Gasteiger partial charge in [0.2, 0.25) is 10.0 Å². The number of amides is 1. The molecule has 1 aliphatic rings. The zero-order chi connectivity index (χ0) is 22.9. The molecule has 0 radical (unpaired) electrons. The largest absolute Gasteiger partial charge is 0.393 e. The number of halogens is 5. The minimum Gasteiger partial charge on any atom is -0.393 e. The Bertz CT molecular complexity index is 1100. The molecule has 1 amide bonds. The van der Waals surface area contributed by atoms with Gasteiger partial charge in [-0.2, -0.15) is 4.31 Å². The highest BCUT2D eigenvalue weighted by Gasteiger charge is 2.30. The third-order valence-corrected chi connectivity index (χ3v) is 6.69. The summed E-state index contributed by atoms with van der Waals surface area (Å²) >= 11 is 0. The molecule has 3 rings (SSSR count). The van der Waals surface area contributed by atoms with Crippen LogP contribution in [-0.4, -0.2) is 42.9 Å². The van der Waals surface area contributed by atoms with Gasteiger partial charge in [-0.1, -0.05) is 0 Å². The lowest BCUT2D eigenvalue weighted by Crippen LogP contribution is -2.40. The standard InChI is InChI=1S/C19H17F5N2O4S/c20-15-2-1-12(31(29,30)26-5-3-11(27)4-6-26)9-13(15)19(28)25-10-7-14(18(23)24)17(22)16(21)8-10/h1-2,7-9,11,18,27H,3-6H2,(H,25,28). The molecule has 0 saturated carbocycles. The number of nitrogens with one attached hydrogen (secondary N) is 1. The Hall–Kier alpha value is -2.57. The van der Waals surface area contributed by atoms with Gasteiger partial charge < -0.3 is 10.4 Å². The van der Waals surface area contributed by atoms with E-state index < -0.39 is 67.6 Å². The van der Waals surface area contributed by atoms with Crippen LogP contribution in [0.5, 0.6) is 0 Å². The Morgan fingerprint density at radius 3 is 2.32 bits per heavy atom. The molecular formula is C19H17F5N2O4S. The number of nitrogens with zero attached hydrogens (tertiary/aromatic N) is 1. The highest BCUT2D eigenvalue weighted by atomic mass is 32.2. The minimum atomic E-state index is -4.09. The van der Waals surface area contributed by atoms with E-state index in [4.69, 9.17) is 0 Å². The molecular weight excluding hydrogens is 447 g/mol. The number of alkyl halides is 2. The van der Waals surface area contributed by atoms with Gasteiger partial charge in [-0.3, -0.25) is 4.79 Å². The molecule has 168 valence electrons. The maximum absolute atomic E-state index is 14.2. The molecule has 0 bridgehead atoms. The van der Waals surface area contributed by atoms with E-state index in [0.717, 1.165) is 22.5 Å². The van der Waals surface area contributed by atoms with E-state index in [1.807, 2.05) is 5.32 Å². The van der Waals surface area contributed by atoms with E-state index in [1.54, 1.807) is 0 Å². The molecule has 1 aliphatic heterocycles. The minimum absolute atomic E-state index is 0.0354. The summed E-state index contributed by atoms with van der Waals surface area (Å²) in [5, 5.41) is 11.5. The van der Waals surface area contributed by atoms with Crippen LogP contribution < -0.4 is 5.32 Å². The van der Waals surface area contributed by atoms with Crippen LogP contribution in [0.3, 0.4) is 0 Å². The number of anilines is 1. The fourth-order valence-corrected chi connectivity index (χ4v) is 4.61. The third-order valence-electron chi connectivity index (χ3n) is 4.79. The van der Waals surface area contributed by atoms with E-state index in [9.17, 15) is 40.3 Å². The lowest BCUT2D eigenvalue weighted by molar-refractivity contribution is 0.102. The first-order valence-corrected chi connectivity index (χ1v) is 10.5. The van der Waals surface area contributed by atoms with Crippen molar-refractivity contribution in [3.63, 3.8) is 0 Å². The molecule has 0 spiro atoms. The fourth-order valence-electron chi connectivity index (χ4n) is 3.11. The molecule has 1 saturated heterocycles. The molecule has 0 aromatic heterocycles. The zero-order valence-corrected chi connectivity index (χ0v) is 16.6. The first-order chi connectivity index (χ1) is 14.5. The molecule has 2 aromatic carbocycles. The smallest absolute Gasteiger partial charge is 0.266 e. The van der Waals surface area contributed by atoms with Gasteiger partial charge in [0, 0.05) is 24.8 Å². The van der Waals surface area contributed by atoms with Crippen LogP contribution in [0, 0.1) is 17.5 Å². The molecule has 1 fully saturated rings. The molecule has 2 aromatic rings. The number of hydrogen-bond acceptors (Lipinski definition) is 4. The van der Waals surface area contributed by atoms with Crippen LogP contribution in [0.1, 0.15) is 35.2 Å². The number of piperidine rings is 1. The van der Waals surface area contributed by atoms with Gasteiger partial charge in [-0.25, -0.2) is 30.4 Å². The Morgan fingerprint density at radius 1 is 1.06 bits per heavy atom. The summed E-state index contributed by atoms with van der Waals surface area (Å²) < 4.78 is 93.4. The van der Waals surface area contributed by atoms with E-state index in [-0.39, 0.29) is 25.9 Å². The molecule has 0 atom stereocenters. The Labute approximate surface area is 174 Å². The predicted molar refractivity (Wildman–Crippen MR) is 99.7 cm³/mol. The number of rotatable bonds is 5. The van der Waals surface area contributed by atoms with Crippen LogP contribution in [-0.2, 0) is 10.0 Å². The normalized spacial score (nSPS) is 16.0. The van der Waals surface area contributed by atoms with Crippen LogP contribution in [0.4, 0.5) is 27.6 Å². The SMILES string of the molecule is O=C(Nc1cc(F)c(F)c(C(F)F)c1)c1cc(S(=O)(=O)N2CCC(O)CC2)ccc1F. The molecule has 1 heterocycles. The van der Waals surface area contributed by atoms with Gasteiger partial charge in [0.25, 0.3) is 12.3 Å². The number of benzene rings is 2. The number of carbonyl (C=O) groups excluding carboxylic acids is 1. The van der Waals surface area contributed by atoms with Gasteiger partial charge in [-0.15, -0.1) is 0 Å². The Balaban J connectivity index is 1.89. The summed E-state index contributed by atoms with van der Waals surface area (Å²) in [4.78, 5) is 12.0. The molecule has 12 heteroatoms. The van der Waals surface area contributed by atoms with Crippen molar-refractivity contribution in [2.75, 3.05) is 18.4 Å². The Morgan fingerprint density at radius 2 is 1.71 bits per heavy atom. The zero-order valence-electron chi connectivity index (χ0n) is 15.8. The summed E-state index contributed by atoms with van der Waals surface area (Å²) in [5.41, 5.74) is -2.59. The van der Waals surface area contributed by atoms with Gasteiger partial charge in [-0.05, 0) is 37.1 Å². The first-order valence-electron chi connectivity index (χ1n) is 9.07. The van der Waals surface area contributed by atoms with Crippen molar-refractivity contribution in [1.82, 2.24) is 4.31 Å². The first kappa shape index (κ1) is 23.1. The average Bonchev–Trinajstić information content (AvgIpc) is 2.70. The molecule has 2 N–H and O–H groups in total. The van der Waals surface area contributed by atoms with Crippen molar-refractivity contribution in [2.24, 2.45) is 0 Å². The monoisotopic (exact) mass is 464 g/mol. The Kier molecular flexibility index (Phi) is 6.62. The summed E-state index contributed by atoms with van der Waals surface area (Å²) in [6.45, 7) is 0.0708. The topological polar surface area (TPSA) is 86.7 Å². The highest BCUT2D eigenvalue weighted by molar-refractivity contribution is 7.89. The van der Waals surface area contributed by atoms with Crippen LogP contribution in [0.15, 0.2) is 35.2 Å². The van der Waals surface area contributed by atoms with Crippen molar-refractivity contribution in [1.29, 1.82) is 0 Å². The lowest BCUT2D eigenvalue weighted by Gasteiger charge is -2.28. The van der Waals surface area contributed by atoms with Crippen molar-refractivity contribution >= 4 is 21.6 Å². The summed E-state index contributed by atoms with van der Waals surface area (Å²) in [6.07, 6.45) is -3.55. The van der Waals surface area contributed by atoms with Crippen molar-refractivity contribution in [2.45, 2.75) is 30.3 Å². The van der Waals surface area contributed by atoms with E-state index in [0.29, 0.717) is 12.1 Å². The number of carbonyl (C=O) groups is 1. The second kappa shape index (κ2) is 8.89. The van der Waals surface area contributed by atoms with E-state index in [2.05, 4.69) is 0 Å². The summed E-state index contributed by atoms with van der Waals surface area (Å²) in [7, 11) is -4.09. The number of hydrogen-bond donors (Lipinski definition) is 2. The predicted octanol–water partition coefficient (Wildman–Crippen LogP) is 3.44. The number of aliphatic hydroxyl groups is 1. The van der Waals surface area contributed by atoms with Crippen LogP contribution >= 0.6 is 0 Å². The van der Waals surface area contributed by atoms with Gasteiger partial charge >= 0.3 is 0 Å². The average molecular weight is 464 g/mol. The molecule has 6 nitrogen and oxygen atoms in total. The number of aliphatic hydroxyl groups excluding tert-OH is 1. The highest BCUT2D eigenvalue weighted by Crippen LogP contribution is 2.28.